The van der Waals surface area contributed by atoms with E-state index in [1.165, 1.54) is 23.1 Å². The number of Topliss-reactive ketones (excluding diaryl/α,β-unsaturated/α-hetero) is 1. The molecule has 0 saturated carbocycles. The molecule has 1 saturated heterocycles. The van der Waals surface area contributed by atoms with Crippen LogP contribution < -0.4 is 9.64 Å². The van der Waals surface area contributed by atoms with Gasteiger partial charge in [0.1, 0.15) is 23.9 Å². The highest BCUT2D eigenvalue weighted by Gasteiger charge is 2.46. The standard InChI is InChI=1S/C31H24FNO4/c1-20-18-23(14-17-26(20)32)29(34)27-28(33(31(36)30(27)35)24-10-6-3-7-11-24)22-12-15-25(16-13-22)37-19-21-8-4-2-5-9-21/h2-18,28,34H,19H2,1H3/b29-27-. The molecule has 184 valence electrons. The molecule has 0 radical (unpaired) electrons. The zero-order valence-corrected chi connectivity index (χ0v) is 20.1. The fraction of sp³-hybridized carbons (Fsp3) is 0.0968. The van der Waals surface area contributed by atoms with Crippen molar-refractivity contribution in [3.63, 3.8) is 0 Å². The summed E-state index contributed by atoms with van der Waals surface area (Å²) in [6.45, 7) is 1.97. The summed E-state index contributed by atoms with van der Waals surface area (Å²) < 4.78 is 19.8. The third kappa shape index (κ3) is 4.74. The summed E-state index contributed by atoms with van der Waals surface area (Å²) >= 11 is 0. The predicted octanol–water partition coefficient (Wildman–Crippen LogP) is 6.34. The van der Waals surface area contributed by atoms with E-state index in [4.69, 9.17) is 4.74 Å². The molecule has 1 aliphatic rings. The predicted molar refractivity (Wildman–Crippen MR) is 140 cm³/mol. The number of hydrogen-bond acceptors (Lipinski definition) is 4. The zero-order valence-electron chi connectivity index (χ0n) is 20.1. The Labute approximate surface area is 214 Å². The van der Waals surface area contributed by atoms with Crippen LogP contribution in [0.25, 0.3) is 5.76 Å². The van der Waals surface area contributed by atoms with Crippen molar-refractivity contribution in [2.75, 3.05) is 4.90 Å². The first-order valence-electron chi connectivity index (χ1n) is 11.8. The molecule has 0 aliphatic carbocycles. The number of rotatable bonds is 6. The molecule has 1 aliphatic heterocycles. The van der Waals surface area contributed by atoms with Gasteiger partial charge in [-0.2, -0.15) is 0 Å². The van der Waals surface area contributed by atoms with Crippen LogP contribution in [0.3, 0.4) is 0 Å². The van der Waals surface area contributed by atoms with Crippen LogP contribution in [0.1, 0.15) is 28.3 Å². The summed E-state index contributed by atoms with van der Waals surface area (Å²) in [4.78, 5) is 27.9. The topological polar surface area (TPSA) is 66.8 Å². The van der Waals surface area contributed by atoms with Crippen molar-refractivity contribution in [3.8, 4) is 5.75 Å². The van der Waals surface area contributed by atoms with Crippen LogP contribution in [0, 0.1) is 12.7 Å². The summed E-state index contributed by atoms with van der Waals surface area (Å²) in [5, 5.41) is 11.2. The highest BCUT2D eigenvalue weighted by Crippen LogP contribution is 2.42. The lowest BCUT2D eigenvalue weighted by Crippen LogP contribution is -2.29. The van der Waals surface area contributed by atoms with Crippen molar-refractivity contribution >= 4 is 23.1 Å². The van der Waals surface area contributed by atoms with E-state index in [-0.39, 0.29) is 16.9 Å². The Morgan fingerprint density at radius 2 is 1.54 bits per heavy atom. The van der Waals surface area contributed by atoms with Gasteiger partial charge in [0.2, 0.25) is 0 Å². The minimum atomic E-state index is -0.879. The summed E-state index contributed by atoms with van der Waals surface area (Å²) in [5.41, 5.74) is 2.69. The van der Waals surface area contributed by atoms with E-state index < -0.39 is 23.5 Å². The molecular weight excluding hydrogens is 469 g/mol. The van der Waals surface area contributed by atoms with E-state index in [0.717, 1.165) is 5.56 Å². The molecule has 5 rings (SSSR count). The van der Waals surface area contributed by atoms with Crippen LogP contribution in [0.4, 0.5) is 10.1 Å². The number of ketones is 1. The number of para-hydroxylation sites is 1. The average Bonchev–Trinajstić information content (AvgIpc) is 3.20. The van der Waals surface area contributed by atoms with Gasteiger partial charge < -0.3 is 9.84 Å². The molecule has 0 bridgehead atoms. The van der Waals surface area contributed by atoms with Crippen molar-refractivity contribution in [3.05, 3.63) is 137 Å². The van der Waals surface area contributed by atoms with Crippen LogP contribution in [-0.2, 0) is 16.2 Å². The Bertz CT molecular complexity index is 1480. The van der Waals surface area contributed by atoms with Gasteiger partial charge in [-0.1, -0.05) is 60.7 Å². The molecule has 4 aromatic carbocycles. The maximum Gasteiger partial charge on any atom is 0.300 e. The largest absolute Gasteiger partial charge is 0.507 e. The molecule has 1 unspecified atom stereocenters. The molecule has 0 aromatic heterocycles. The van der Waals surface area contributed by atoms with Crippen molar-refractivity contribution < 1.29 is 23.8 Å². The van der Waals surface area contributed by atoms with Crippen molar-refractivity contribution in [1.29, 1.82) is 0 Å². The van der Waals surface area contributed by atoms with E-state index in [1.807, 2.05) is 36.4 Å². The van der Waals surface area contributed by atoms with Crippen LogP contribution in [0.15, 0.2) is 109 Å². The monoisotopic (exact) mass is 493 g/mol. The Kier molecular flexibility index (Phi) is 6.56. The third-order valence-electron chi connectivity index (χ3n) is 6.35. The number of halogens is 1. The molecule has 6 heteroatoms. The first-order chi connectivity index (χ1) is 17.9. The molecule has 5 nitrogen and oxygen atoms in total. The molecular formula is C31H24FNO4. The molecule has 1 atom stereocenters. The van der Waals surface area contributed by atoms with Gasteiger partial charge in [0, 0.05) is 11.3 Å². The Hall–Kier alpha value is -4.71. The number of carbonyl (C=O) groups is 2. The van der Waals surface area contributed by atoms with Crippen LogP contribution >= 0.6 is 0 Å². The Morgan fingerprint density at radius 1 is 0.892 bits per heavy atom. The van der Waals surface area contributed by atoms with Crippen LogP contribution in [0.5, 0.6) is 5.75 Å². The number of amides is 1. The van der Waals surface area contributed by atoms with Gasteiger partial charge in [-0.05, 0) is 66.1 Å². The summed E-state index contributed by atoms with van der Waals surface area (Å²) in [6, 6.07) is 28.9. The number of aliphatic hydroxyl groups excluding tert-OH is 1. The van der Waals surface area contributed by atoms with Gasteiger partial charge in [0.25, 0.3) is 11.7 Å². The van der Waals surface area contributed by atoms with Crippen molar-refractivity contribution in [2.45, 2.75) is 19.6 Å². The zero-order chi connectivity index (χ0) is 25.9. The molecule has 0 spiro atoms. The van der Waals surface area contributed by atoms with Gasteiger partial charge >= 0.3 is 0 Å². The number of ether oxygens (including phenoxy) is 1. The molecule has 1 N–H and O–H groups in total. The Balaban J connectivity index is 1.56. The summed E-state index contributed by atoms with van der Waals surface area (Å²) in [5.74, 6) is -1.71. The second-order valence-corrected chi connectivity index (χ2v) is 8.81. The van der Waals surface area contributed by atoms with Gasteiger partial charge in [-0.15, -0.1) is 0 Å². The maximum atomic E-state index is 13.9. The van der Waals surface area contributed by atoms with Gasteiger partial charge in [-0.25, -0.2) is 4.39 Å². The summed E-state index contributed by atoms with van der Waals surface area (Å²) in [7, 11) is 0. The lowest BCUT2D eigenvalue weighted by molar-refractivity contribution is -0.132. The number of aliphatic hydroxyl groups is 1. The second kappa shape index (κ2) is 10.1. The quantitative estimate of drug-likeness (QED) is 0.193. The molecule has 4 aromatic rings. The van der Waals surface area contributed by atoms with E-state index >= 15 is 0 Å². The summed E-state index contributed by atoms with van der Waals surface area (Å²) in [6.07, 6.45) is 0. The molecule has 1 fully saturated rings. The lowest BCUT2D eigenvalue weighted by atomic mass is 9.94. The number of aryl methyl sites for hydroxylation is 1. The molecule has 37 heavy (non-hydrogen) atoms. The SMILES string of the molecule is Cc1cc(/C(O)=C2/C(=O)C(=O)N(c3ccccc3)C2c2ccc(OCc3ccccc3)cc2)ccc1F. The molecule has 1 amide bonds. The molecule has 1 heterocycles. The van der Waals surface area contributed by atoms with Crippen LogP contribution in [-0.4, -0.2) is 16.8 Å². The van der Waals surface area contributed by atoms with E-state index in [0.29, 0.717) is 29.2 Å². The van der Waals surface area contributed by atoms with E-state index in [9.17, 15) is 19.1 Å². The first kappa shape index (κ1) is 24.0. The van der Waals surface area contributed by atoms with Crippen molar-refractivity contribution in [1.82, 2.24) is 0 Å². The van der Waals surface area contributed by atoms with E-state index in [2.05, 4.69) is 0 Å². The van der Waals surface area contributed by atoms with E-state index in [1.54, 1.807) is 55.5 Å². The second-order valence-electron chi connectivity index (χ2n) is 8.81. The number of nitrogens with zero attached hydrogens (tertiary/aromatic N) is 1. The fourth-order valence-corrected chi connectivity index (χ4v) is 4.44. The normalized spacial score (nSPS) is 16.7. The van der Waals surface area contributed by atoms with Crippen LogP contribution in [0.2, 0.25) is 0 Å². The Morgan fingerprint density at radius 3 is 2.19 bits per heavy atom. The minimum absolute atomic E-state index is 0.0576. The number of carbonyl (C=O) groups excluding carboxylic acids is 2. The van der Waals surface area contributed by atoms with Crippen molar-refractivity contribution in [2.24, 2.45) is 0 Å². The number of anilines is 1. The van der Waals surface area contributed by atoms with Gasteiger partial charge in [0.05, 0.1) is 11.6 Å². The average molecular weight is 494 g/mol. The lowest BCUT2D eigenvalue weighted by Gasteiger charge is -2.25. The van der Waals surface area contributed by atoms with Gasteiger partial charge in [0.15, 0.2) is 0 Å². The number of benzene rings is 4. The maximum absolute atomic E-state index is 13.9. The third-order valence-corrected chi connectivity index (χ3v) is 6.35. The minimum Gasteiger partial charge on any atom is -0.507 e. The first-order valence-corrected chi connectivity index (χ1v) is 11.8. The van der Waals surface area contributed by atoms with Gasteiger partial charge in [-0.3, -0.25) is 14.5 Å². The number of hydrogen-bond donors (Lipinski definition) is 1. The highest BCUT2D eigenvalue weighted by atomic mass is 19.1. The fourth-order valence-electron chi connectivity index (χ4n) is 4.44. The smallest absolute Gasteiger partial charge is 0.300 e. The highest BCUT2D eigenvalue weighted by molar-refractivity contribution is 6.51.